The lowest BCUT2D eigenvalue weighted by molar-refractivity contribution is -0.122. The number of halogens is 1. The van der Waals surface area contributed by atoms with Crippen LogP contribution in [0.1, 0.15) is 44.7 Å². The average molecular weight is 479 g/mol. The van der Waals surface area contributed by atoms with Crippen molar-refractivity contribution in [2.45, 2.75) is 57.1 Å². The van der Waals surface area contributed by atoms with E-state index in [4.69, 9.17) is 4.74 Å². The van der Waals surface area contributed by atoms with Gasteiger partial charge in [-0.15, -0.1) is 0 Å². The summed E-state index contributed by atoms with van der Waals surface area (Å²) in [4.78, 5) is 27.1. The number of hydrogen-bond acceptors (Lipinski definition) is 5. The third kappa shape index (κ3) is 5.15. The lowest BCUT2D eigenvalue weighted by atomic mass is 9.73. The highest BCUT2D eigenvalue weighted by molar-refractivity contribution is 6.06. The number of nitrogens with zero attached hydrogens (tertiary/aromatic N) is 2. The molecule has 0 bridgehead atoms. The molecule has 1 fully saturated rings. The Morgan fingerprint density at radius 3 is 2.51 bits per heavy atom. The zero-order valence-corrected chi connectivity index (χ0v) is 20.6. The number of ether oxygens (including phenoxy) is 1. The molecule has 2 aliphatic rings. The second-order valence-corrected chi connectivity index (χ2v) is 10.4. The summed E-state index contributed by atoms with van der Waals surface area (Å²) < 4.78 is 20.2. The second-order valence-electron chi connectivity index (χ2n) is 10.4. The molecule has 1 unspecified atom stereocenters. The van der Waals surface area contributed by atoms with Crippen LogP contribution in [0, 0.1) is 17.1 Å². The molecule has 35 heavy (non-hydrogen) atoms. The summed E-state index contributed by atoms with van der Waals surface area (Å²) >= 11 is 0. The fourth-order valence-corrected chi connectivity index (χ4v) is 4.78. The first-order valence-electron chi connectivity index (χ1n) is 11.8. The molecule has 0 radical (unpaired) electrons. The van der Waals surface area contributed by atoms with Gasteiger partial charge in [-0.05, 0) is 94.2 Å². The van der Waals surface area contributed by atoms with Crippen molar-refractivity contribution >= 4 is 17.7 Å². The largest absolute Gasteiger partial charge is 0.444 e. The third-order valence-corrected chi connectivity index (χ3v) is 6.72. The van der Waals surface area contributed by atoms with Gasteiger partial charge < -0.3 is 20.3 Å². The third-order valence-electron chi connectivity index (χ3n) is 6.72. The molecule has 1 atom stereocenters. The van der Waals surface area contributed by atoms with Crippen LogP contribution in [0.5, 0.6) is 0 Å². The molecule has 2 aromatic rings. The molecule has 2 amide bonds. The van der Waals surface area contributed by atoms with Crippen LogP contribution in [-0.4, -0.2) is 48.7 Å². The summed E-state index contributed by atoms with van der Waals surface area (Å²) in [6, 6.07) is 11.7. The Hall–Kier alpha value is -3.44. The first-order valence-corrected chi connectivity index (χ1v) is 11.8. The van der Waals surface area contributed by atoms with Gasteiger partial charge >= 0.3 is 6.09 Å². The molecule has 4 rings (SSSR count). The Morgan fingerprint density at radius 1 is 1.23 bits per heavy atom. The SMILES string of the molecule is CN1CCC2(CC1)C(=O)Nc1ccc(-c3ccc(CC(C#N)NC(=O)OC(C)(C)C)c(F)c3)cc12. The number of rotatable bonds is 4. The summed E-state index contributed by atoms with van der Waals surface area (Å²) in [5.41, 5.74) is 2.40. The highest BCUT2D eigenvalue weighted by Crippen LogP contribution is 2.46. The fourth-order valence-electron chi connectivity index (χ4n) is 4.78. The smallest absolute Gasteiger partial charge is 0.408 e. The normalized spacial score (nSPS) is 17.9. The van der Waals surface area contributed by atoms with Crippen LogP contribution in [0.3, 0.4) is 0 Å². The number of piperidine rings is 1. The number of nitriles is 1. The number of fused-ring (bicyclic) bond motifs is 2. The monoisotopic (exact) mass is 478 g/mol. The standard InChI is InChI=1S/C27H31FN4O3/c1-26(2,3)35-25(34)30-20(16-29)13-19-6-5-18(15-22(19)28)17-7-8-23-21(14-17)27(24(33)31-23)9-11-32(4)12-10-27/h5-8,14-15,20H,9-13H2,1-4H3,(H,30,34)(H,31,33). The summed E-state index contributed by atoms with van der Waals surface area (Å²) in [7, 11) is 2.06. The van der Waals surface area contributed by atoms with Gasteiger partial charge in [0.25, 0.3) is 0 Å². The van der Waals surface area contributed by atoms with Crippen molar-refractivity contribution in [2.75, 3.05) is 25.5 Å². The molecule has 0 aromatic heterocycles. The Balaban J connectivity index is 1.54. The minimum Gasteiger partial charge on any atom is -0.444 e. The van der Waals surface area contributed by atoms with Crippen molar-refractivity contribution in [1.82, 2.24) is 10.2 Å². The Kier molecular flexibility index (Phi) is 6.56. The van der Waals surface area contributed by atoms with Crippen LogP contribution in [0.15, 0.2) is 36.4 Å². The molecular weight excluding hydrogens is 447 g/mol. The van der Waals surface area contributed by atoms with Crippen molar-refractivity contribution in [3.8, 4) is 17.2 Å². The molecule has 2 N–H and O–H groups in total. The predicted octanol–water partition coefficient (Wildman–Crippen LogP) is 4.37. The van der Waals surface area contributed by atoms with E-state index < -0.39 is 29.0 Å². The Morgan fingerprint density at radius 2 is 1.89 bits per heavy atom. The quantitative estimate of drug-likeness (QED) is 0.681. The Bertz CT molecular complexity index is 1190. The van der Waals surface area contributed by atoms with Crippen molar-refractivity contribution in [3.05, 3.63) is 53.3 Å². The number of amides is 2. The van der Waals surface area contributed by atoms with E-state index in [-0.39, 0.29) is 12.3 Å². The van der Waals surface area contributed by atoms with E-state index in [2.05, 4.69) is 22.6 Å². The van der Waals surface area contributed by atoms with Crippen LogP contribution in [0.4, 0.5) is 14.9 Å². The molecule has 1 spiro atoms. The average Bonchev–Trinajstić information content (AvgIpc) is 3.05. The molecule has 2 aliphatic heterocycles. The zero-order valence-electron chi connectivity index (χ0n) is 20.6. The maximum atomic E-state index is 15.0. The predicted molar refractivity (Wildman–Crippen MR) is 131 cm³/mol. The lowest BCUT2D eigenvalue weighted by Gasteiger charge is -2.36. The summed E-state index contributed by atoms with van der Waals surface area (Å²) in [6.07, 6.45) is 0.796. The molecule has 0 saturated carbocycles. The number of hydrogen-bond donors (Lipinski definition) is 2. The van der Waals surface area contributed by atoms with E-state index in [9.17, 15) is 14.9 Å². The zero-order chi connectivity index (χ0) is 25.4. The number of carbonyl (C=O) groups is 2. The van der Waals surface area contributed by atoms with Gasteiger partial charge in [-0.1, -0.05) is 18.2 Å². The van der Waals surface area contributed by atoms with Gasteiger partial charge in [0.2, 0.25) is 5.91 Å². The van der Waals surface area contributed by atoms with Gasteiger partial charge in [0.15, 0.2) is 0 Å². The highest BCUT2D eigenvalue weighted by Gasteiger charge is 2.48. The van der Waals surface area contributed by atoms with E-state index >= 15 is 4.39 Å². The van der Waals surface area contributed by atoms with Crippen LogP contribution < -0.4 is 10.6 Å². The Labute approximate surface area is 205 Å². The molecule has 184 valence electrons. The molecule has 7 nitrogen and oxygen atoms in total. The number of carbonyl (C=O) groups excluding carboxylic acids is 2. The first-order chi connectivity index (χ1) is 16.5. The highest BCUT2D eigenvalue weighted by atomic mass is 19.1. The minimum absolute atomic E-state index is 0.0150. The maximum Gasteiger partial charge on any atom is 0.408 e. The fraction of sp³-hybridized carbons (Fsp3) is 0.444. The summed E-state index contributed by atoms with van der Waals surface area (Å²) in [5.74, 6) is -0.420. The van der Waals surface area contributed by atoms with E-state index in [1.807, 2.05) is 24.3 Å². The summed E-state index contributed by atoms with van der Waals surface area (Å²) in [5, 5.41) is 14.9. The number of alkyl carbamates (subject to hydrolysis) is 1. The van der Waals surface area contributed by atoms with Crippen molar-refractivity contribution < 1.29 is 18.7 Å². The topological polar surface area (TPSA) is 94.5 Å². The molecule has 0 aliphatic carbocycles. The van der Waals surface area contributed by atoms with Gasteiger partial charge in [0, 0.05) is 12.1 Å². The van der Waals surface area contributed by atoms with Gasteiger partial charge in [0.05, 0.1) is 11.5 Å². The molecule has 8 heteroatoms. The van der Waals surface area contributed by atoms with Crippen LogP contribution in [-0.2, 0) is 21.4 Å². The van der Waals surface area contributed by atoms with E-state index in [0.29, 0.717) is 11.1 Å². The summed E-state index contributed by atoms with van der Waals surface area (Å²) in [6.45, 7) is 6.87. The maximum absolute atomic E-state index is 15.0. The number of anilines is 1. The molecule has 2 aromatic carbocycles. The van der Waals surface area contributed by atoms with Gasteiger partial charge in [-0.3, -0.25) is 4.79 Å². The van der Waals surface area contributed by atoms with Crippen molar-refractivity contribution in [3.63, 3.8) is 0 Å². The number of nitrogens with one attached hydrogen (secondary N) is 2. The van der Waals surface area contributed by atoms with Crippen molar-refractivity contribution in [2.24, 2.45) is 0 Å². The number of benzene rings is 2. The number of likely N-dealkylation sites (tertiary alicyclic amines) is 1. The van der Waals surface area contributed by atoms with E-state index in [1.54, 1.807) is 32.9 Å². The second kappa shape index (κ2) is 9.31. The first kappa shape index (κ1) is 24.7. The van der Waals surface area contributed by atoms with Crippen LogP contribution in [0.2, 0.25) is 0 Å². The van der Waals surface area contributed by atoms with Gasteiger partial charge in [-0.25, -0.2) is 9.18 Å². The van der Waals surface area contributed by atoms with Gasteiger partial charge in [-0.2, -0.15) is 5.26 Å². The van der Waals surface area contributed by atoms with E-state index in [1.165, 1.54) is 6.07 Å². The van der Waals surface area contributed by atoms with Crippen molar-refractivity contribution in [1.29, 1.82) is 5.26 Å². The minimum atomic E-state index is -0.924. The molecular formula is C27H31FN4O3. The van der Waals surface area contributed by atoms with E-state index in [0.717, 1.165) is 42.7 Å². The van der Waals surface area contributed by atoms with Crippen LogP contribution >= 0.6 is 0 Å². The molecule has 1 saturated heterocycles. The van der Waals surface area contributed by atoms with Crippen LogP contribution in [0.25, 0.3) is 11.1 Å². The lowest BCUT2D eigenvalue weighted by Crippen LogP contribution is -2.45. The van der Waals surface area contributed by atoms with Gasteiger partial charge in [0.1, 0.15) is 17.5 Å². The molecule has 2 heterocycles.